The Morgan fingerprint density at radius 1 is 1.38 bits per heavy atom. The van der Waals surface area contributed by atoms with Gasteiger partial charge in [-0.2, -0.15) is 5.10 Å². The van der Waals surface area contributed by atoms with Crippen molar-refractivity contribution in [3.63, 3.8) is 0 Å². The zero-order valence-corrected chi connectivity index (χ0v) is 19.3. The highest BCUT2D eigenvalue weighted by Crippen LogP contribution is 2.44. The summed E-state index contributed by atoms with van der Waals surface area (Å²) in [6.45, 7) is 6.58. The minimum atomic E-state index is -0.340. The predicted molar refractivity (Wildman–Crippen MR) is 122 cm³/mol. The Balaban J connectivity index is 1.64. The normalized spacial score (nSPS) is 17.9. The molecule has 0 radical (unpaired) electrons. The van der Waals surface area contributed by atoms with Crippen LogP contribution >= 0.6 is 27.5 Å². The fourth-order valence-corrected chi connectivity index (χ4v) is 4.06. The van der Waals surface area contributed by atoms with Crippen LogP contribution in [0.2, 0.25) is 5.02 Å². The topological polar surface area (TPSA) is 53.9 Å². The predicted octanol–water partition coefficient (Wildman–Crippen LogP) is 5.35. The van der Waals surface area contributed by atoms with Gasteiger partial charge in [-0.15, -0.1) is 0 Å². The molecule has 7 heteroatoms. The number of halogens is 2. The van der Waals surface area contributed by atoms with Gasteiger partial charge in [0.1, 0.15) is 5.75 Å². The maximum Gasteiger partial charge on any atom is 0.277 e. The van der Waals surface area contributed by atoms with Crippen LogP contribution in [0, 0.1) is 0 Å². The number of hydrogen-bond acceptors (Lipinski definition) is 4. The van der Waals surface area contributed by atoms with Crippen LogP contribution in [-0.4, -0.2) is 31.3 Å². The number of fused-ring (bicyclic) bond motifs is 1. The second kappa shape index (κ2) is 8.76. The van der Waals surface area contributed by atoms with Crippen molar-refractivity contribution >= 4 is 45.3 Å². The zero-order chi connectivity index (χ0) is 21.2. The molecule has 154 valence electrons. The van der Waals surface area contributed by atoms with Crippen molar-refractivity contribution in [2.24, 2.45) is 5.10 Å². The lowest BCUT2D eigenvalue weighted by Gasteiger charge is -2.45. The summed E-state index contributed by atoms with van der Waals surface area (Å²) in [5.41, 5.74) is 5.72. The van der Waals surface area contributed by atoms with Crippen LogP contribution in [0.25, 0.3) is 0 Å². The van der Waals surface area contributed by atoms with E-state index in [2.05, 4.69) is 65.2 Å². The van der Waals surface area contributed by atoms with Gasteiger partial charge in [0.15, 0.2) is 6.61 Å². The number of amides is 1. The van der Waals surface area contributed by atoms with E-state index in [9.17, 15) is 4.79 Å². The molecule has 3 rings (SSSR count). The largest absolute Gasteiger partial charge is 0.484 e. The highest BCUT2D eigenvalue weighted by molar-refractivity contribution is 9.10. The van der Waals surface area contributed by atoms with Gasteiger partial charge in [-0.05, 0) is 68.1 Å². The van der Waals surface area contributed by atoms with Gasteiger partial charge in [0.25, 0.3) is 5.91 Å². The highest BCUT2D eigenvalue weighted by Gasteiger charge is 2.34. The third kappa shape index (κ3) is 5.11. The molecule has 2 aromatic rings. The maximum atomic E-state index is 12.0. The molecule has 0 fully saturated rings. The van der Waals surface area contributed by atoms with Crippen molar-refractivity contribution < 1.29 is 9.53 Å². The van der Waals surface area contributed by atoms with Gasteiger partial charge in [0, 0.05) is 28.3 Å². The van der Waals surface area contributed by atoms with Crippen molar-refractivity contribution in [1.82, 2.24) is 5.43 Å². The molecule has 2 aromatic carbocycles. The highest BCUT2D eigenvalue weighted by atomic mass is 79.9. The van der Waals surface area contributed by atoms with Crippen molar-refractivity contribution in [2.75, 3.05) is 18.6 Å². The Morgan fingerprint density at radius 2 is 2.07 bits per heavy atom. The number of hydrogen-bond donors (Lipinski definition) is 1. The molecule has 1 unspecified atom stereocenters. The molecule has 0 saturated heterocycles. The second-order valence-corrected chi connectivity index (χ2v) is 9.27. The lowest BCUT2D eigenvalue weighted by Crippen LogP contribution is -2.45. The Morgan fingerprint density at radius 3 is 2.76 bits per heavy atom. The molecule has 1 heterocycles. The number of nitrogens with one attached hydrogen (secondary N) is 1. The van der Waals surface area contributed by atoms with E-state index in [-0.39, 0.29) is 18.1 Å². The number of ether oxygens (including phenoxy) is 1. The monoisotopic (exact) mass is 477 g/mol. The van der Waals surface area contributed by atoms with E-state index in [1.165, 1.54) is 5.56 Å². The molecule has 1 atom stereocenters. The van der Waals surface area contributed by atoms with E-state index < -0.39 is 0 Å². The van der Waals surface area contributed by atoms with E-state index in [1.54, 1.807) is 18.3 Å². The fourth-order valence-electron chi connectivity index (χ4n) is 3.59. The van der Waals surface area contributed by atoms with E-state index >= 15 is 0 Å². The first kappa shape index (κ1) is 21.7. The first-order chi connectivity index (χ1) is 13.7. The lowest BCUT2D eigenvalue weighted by molar-refractivity contribution is -0.123. The minimum absolute atomic E-state index is 0.0775. The second-order valence-electron chi connectivity index (χ2n) is 7.94. The molecular weight excluding hydrogens is 454 g/mol. The van der Waals surface area contributed by atoms with Gasteiger partial charge in [0.2, 0.25) is 0 Å². The third-order valence-electron chi connectivity index (χ3n) is 5.33. The summed E-state index contributed by atoms with van der Waals surface area (Å²) in [5, 5.41) is 4.64. The van der Waals surface area contributed by atoms with Gasteiger partial charge in [-0.25, -0.2) is 5.43 Å². The number of nitrogens with zero attached hydrogens (tertiary/aromatic N) is 2. The van der Waals surface area contributed by atoms with Crippen LogP contribution in [0.15, 0.2) is 46.0 Å². The number of rotatable bonds is 5. The van der Waals surface area contributed by atoms with Gasteiger partial charge in [0.05, 0.1) is 11.2 Å². The van der Waals surface area contributed by atoms with Crippen LogP contribution in [0.1, 0.15) is 44.2 Å². The van der Waals surface area contributed by atoms with Crippen molar-refractivity contribution in [3.8, 4) is 5.75 Å². The van der Waals surface area contributed by atoms with Crippen LogP contribution in [0.4, 0.5) is 5.69 Å². The average Bonchev–Trinajstić information content (AvgIpc) is 2.66. The first-order valence-electron chi connectivity index (χ1n) is 9.45. The van der Waals surface area contributed by atoms with Gasteiger partial charge < -0.3 is 9.64 Å². The lowest BCUT2D eigenvalue weighted by atomic mass is 9.80. The van der Waals surface area contributed by atoms with Gasteiger partial charge in [-0.3, -0.25) is 4.79 Å². The maximum absolute atomic E-state index is 12.0. The van der Waals surface area contributed by atoms with E-state index in [0.717, 1.165) is 22.1 Å². The van der Waals surface area contributed by atoms with E-state index in [1.807, 2.05) is 18.2 Å². The molecule has 1 aliphatic rings. The quantitative estimate of drug-likeness (QED) is 0.465. The van der Waals surface area contributed by atoms with Crippen LogP contribution in [0.3, 0.4) is 0 Å². The molecule has 1 N–H and O–H groups in total. The molecule has 0 bridgehead atoms. The molecule has 0 aromatic heterocycles. The summed E-state index contributed by atoms with van der Waals surface area (Å²) in [5.74, 6) is 0.689. The number of carbonyl (C=O) groups excluding carboxylic acids is 1. The summed E-state index contributed by atoms with van der Waals surface area (Å²) in [6.07, 6.45) is 2.63. The Labute approximate surface area is 185 Å². The smallest absolute Gasteiger partial charge is 0.277 e. The Bertz CT molecular complexity index is 928. The average molecular weight is 479 g/mol. The van der Waals surface area contributed by atoms with Crippen molar-refractivity contribution in [2.45, 2.75) is 38.6 Å². The van der Waals surface area contributed by atoms with Crippen LogP contribution in [-0.2, 0) is 4.79 Å². The molecule has 1 amide bonds. The zero-order valence-electron chi connectivity index (χ0n) is 17.0. The number of carbonyl (C=O) groups is 1. The van der Waals surface area contributed by atoms with Crippen molar-refractivity contribution in [3.05, 3.63) is 57.0 Å². The summed E-state index contributed by atoms with van der Waals surface area (Å²) < 4.78 is 6.38. The molecule has 29 heavy (non-hydrogen) atoms. The fraction of sp³-hybridized carbons (Fsp3) is 0.364. The van der Waals surface area contributed by atoms with Crippen molar-refractivity contribution in [1.29, 1.82) is 0 Å². The SMILES string of the molecule is CC1CC(C)(C)N(C)c2cc(Cl)c(/C=N/NC(=O)COc3ccc(Br)cc3)cc21. The van der Waals surface area contributed by atoms with Gasteiger partial charge in [-0.1, -0.05) is 34.5 Å². The summed E-state index contributed by atoms with van der Waals surface area (Å²) >= 11 is 9.83. The van der Waals surface area contributed by atoms with E-state index in [0.29, 0.717) is 16.7 Å². The molecule has 1 aliphatic heterocycles. The standard InChI is InChI=1S/C22H25BrClN3O2/c1-14-11-22(2,3)27(4)20-10-19(24)15(9-18(14)20)12-25-26-21(28)13-29-17-7-5-16(23)6-8-17/h5-10,12,14H,11,13H2,1-4H3,(H,26,28)/b25-12+. The van der Waals surface area contributed by atoms with E-state index in [4.69, 9.17) is 16.3 Å². The van der Waals surface area contributed by atoms with Crippen LogP contribution < -0.4 is 15.1 Å². The molecular formula is C22H25BrClN3O2. The number of anilines is 1. The number of hydrazone groups is 1. The summed E-state index contributed by atoms with van der Waals surface area (Å²) in [4.78, 5) is 14.2. The number of benzene rings is 2. The summed E-state index contributed by atoms with van der Waals surface area (Å²) in [7, 11) is 2.10. The summed E-state index contributed by atoms with van der Waals surface area (Å²) in [6, 6.07) is 11.3. The van der Waals surface area contributed by atoms with Crippen LogP contribution in [0.5, 0.6) is 5.75 Å². The molecule has 0 aliphatic carbocycles. The first-order valence-corrected chi connectivity index (χ1v) is 10.6. The Hall–Kier alpha value is -2.05. The minimum Gasteiger partial charge on any atom is -0.484 e. The molecule has 0 saturated carbocycles. The van der Waals surface area contributed by atoms with Gasteiger partial charge >= 0.3 is 0 Å². The third-order valence-corrected chi connectivity index (χ3v) is 6.18. The molecule has 5 nitrogen and oxygen atoms in total. The Kier molecular flexibility index (Phi) is 6.54. The molecule has 0 spiro atoms.